The molecule has 4 heterocycles. The number of piperidine rings is 1. The molecule has 1 atom stereocenters. The van der Waals surface area contributed by atoms with Crippen LogP contribution in [0, 0.1) is 19.8 Å². The molecule has 0 amide bonds. The van der Waals surface area contributed by atoms with E-state index in [0.717, 1.165) is 36.4 Å². The molecule has 9 heteroatoms. The maximum Gasteiger partial charge on any atom is 0.248 e. The highest BCUT2D eigenvalue weighted by atomic mass is 32.2. The van der Waals surface area contributed by atoms with Gasteiger partial charge in [-0.2, -0.15) is 4.31 Å². The van der Waals surface area contributed by atoms with E-state index in [0.29, 0.717) is 30.5 Å². The maximum absolute atomic E-state index is 13.2. The maximum atomic E-state index is 13.2. The van der Waals surface area contributed by atoms with Gasteiger partial charge in [-0.1, -0.05) is 5.16 Å². The number of imidazole rings is 1. The quantitative estimate of drug-likeness (QED) is 0.636. The molecule has 1 aliphatic heterocycles. The molecule has 154 valence electrons. The van der Waals surface area contributed by atoms with Crippen LogP contribution in [0.15, 0.2) is 27.7 Å². The van der Waals surface area contributed by atoms with Gasteiger partial charge in [-0.05, 0) is 57.6 Å². The number of aromatic nitrogens is 4. The summed E-state index contributed by atoms with van der Waals surface area (Å²) in [5.74, 6) is 2.18. The molecule has 5 rings (SSSR count). The molecule has 0 spiro atoms. The fourth-order valence-corrected chi connectivity index (χ4v) is 6.28. The van der Waals surface area contributed by atoms with Crippen molar-refractivity contribution in [1.29, 1.82) is 0 Å². The Morgan fingerprint density at radius 3 is 2.79 bits per heavy atom. The lowest BCUT2D eigenvalue weighted by atomic mass is 9.99. The van der Waals surface area contributed by atoms with Gasteiger partial charge in [0, 0.05) is 31.7 Å². The number of sulfonamides is 1. The van der Waals surface area contributed by atoms with Crippen LogP contribution in [-0.4, -0.2) is 45.5 Å². The van der Waals surface area contributed by atoms with Crippen molar-refractivity contribution < 1.29 is 12.9 Å². The van der Waals surface area contributed by atoms with Gasteiger partial charge < -0.3 is 9.09 Å². The van der Waals surface area contributed by atoms with Crippen molar-refractivity contribution in [2.24, 2.45) is 5.92 Å². The Bertz CT molecular complexity index is 1140. The normalized spacial score (nSPS) is 21.1. The molecule has 3 aromatic rings. The molecule has 0 bridgehead atoms. The predicted octanol–water partition coefficient (Wildman–Crippen LogP) is 3.01. The number of pyridine rings is 1. The highest BCUT2D eigenvalue weighted by molar-refractivity contribution is 7.89. The first kappa shape index (κ1) is 18.7. The van der Waals surface area contributed by atoms with E-state index in [-0.39, 0.29) is 10.8 Å². The molecule has 0 N–H and O–H groups in total. The van der Waals surface area contributed by atoms with Crippen molar-refractivity contribution in [2.45, 2.75) is 56.9 Å². The van der Waals surface area contributed by atoms with Crippen LogP contribution in [-0.2, 0) is 16.6 Å². The van der Waals surface area contributed by atoms with Gasteiger partial charge in [0.05, 0.1) is 0 Å². The van der Waals surface area contributed by atoms with E-state index in [2.05, 4.69) is 14.7 Å². The second-order valence-corrected chi connectivity index (χ2v) is 10.1. The number of nitrogens with zero attached hydrogens (tertiary/aromatic N) is 5. The molecule has 0 aromatic carbocycles. The summed E-state index contributed by atoms with van der Waals surface area (Å²) in [7, 11) is -3.61. The zero-order chi connectivity index (χ0) is 20.2. The minimum absolute atomic E-state index is 0.214. The summed E-state index contributed by atoms with van der Waals surface area (Å²) in [6, 6.07) is 3.91. The van der Waals surface area contributed by atoms with Gasteiger partial charge in [0.2, 0.25) is 10.0 Å². The molecule has 8 nitrogen and oxygen atoms in total. The molecular formula is C20H25N5O3S. The third kappa shape index (κ3) is 3.26. The Hall–Kier alpha value is -2.26. The SMILES string of the molecule is Cc1noc(C)c1S(=O)(=O)N1CCCC(Cn2c(C3CC3)nc3cccnc32)C1. The highest BCUT2D eigenvalue weighted by Gasteiger charge is 2.36. The standard InChI is InChI=1S/C20H25N5O3S/c1-13-18(14(2)28-23-13)29(26,27)24-10-4-5-15(11-24)12-25-19(16-7-8-16)22-17-6-3-9-21-20(17)25/h3,6,9,15-16H,4-5,7-8,10-12H2,1-2H3. The Balaban J connectivity index is 1.43. The van der Waals surface area contributed by atoms with E-state index in [9.17, 15) is 8.42 Å². The average Bonchev–Trinajstić information content (AvgIpc) is 3.41. The Morgan fingerprint density at radius 1 is 1.24 bits per heavy atom. The first-order valence-electron chi connectivity index (χ1n) is 10.2. The van der Waals surface area contributed by atoms with Crippen LogP contribution >= 0.6 is 0 Å². The van der Waals surface area contributed by atoms with Gasteiger partial charge in [-0.3, -0.25) is 0 Å². The molecule has 0 radical (unpaired) electrons. The second kappa shape index (κ2) is 6.91. The number of hydrogen-bond acceptors (Lipinski definition) is 6. The summed E-state index contributed by atoms with van der Waals surface area (Å²) in [5.41, 5.74) is 2.25. The number of aryl methyl sites for hydroxylation is 2. The lowest BCUT2D eigenvalue weighted by Gasteiger charge is -2.32. The van der Waals surface area contributed by atoms with Gasteiger partial charge in [-0.25, -0.2) is 18.4 Å². The highest BCUT2D eigenvalue weighted by Crippen LogP contribution is 2.41. The largest absolute Gasteiger partial charge is 0.360 e. The van der Waals surface area contributed by atoms with Crippen LogP contribution in [0.4, 0.5) is 0 Å². The Kier molecular flexibility index (Phi) is 4.47. The van der Waals surface area contributed by atoms with E-state index < -0.39 is 10.0 Å². The molecule has 3 aromatic heterocycles. The number of fused-ring (bicyclic) bond motifs is 1. The molecule has 2 fully saturated rings. The van der Waals surface area contributed by atoms with Crippen molar-refractivity contribution in [3.8, 4) is 0 Å². The molecular weight excluding hydrogens is 390 g/mol. The van der Waals surface area contributed by atoms with Crippen molar-refractivity contribution in [2.75, 3.05) is 13.1 Å². The average molecular weight is 416 g/mol. The third-order valence-corrected chi connectivity index (χ3v) is 8.07. The van der Waals surface area contributed by atoms with Crippen LogP contribution in [0.2, 0.25) is 0 Å². The van der Waals surface area contributed by atoms with E-state index in [1.807, 2.05) is 12.1 Å². The van der Waals surface area contributed by atoms with Crippen molar-refractivity contribution in [3.63, 3.8) is 0 Å². The summed E-state index contributed by atoms with van der Waals surface area (Å²) >= 11 is 0. The van der Waals surface area contributed by atoms with Crippen LogP contribution in [0.1, 0.15) is 48.9 Å². The lowest BCUT2D eigenvalue weighted by Crippen LogP contribution is -2.41. The number of hydrogen-bond donors (Lipinski definition) is 0. The molecule has 1 saturated heterocycles. The van der Waals surface area contributed by atoms with Crippen LogP contribution < -0.4 is 0 Å². The minimum Gasteiger partial charge on any atom is -0.360 e. The summed E-state index contributed by atoms with van der Waals surface area (Å²) < 4.78 is 35.4. The van der Waals surface area contributed by atoms with Crippen molar-refractivity contribution in [3.05, 3.63) is 35.6 Å². The van der Waals surface area contributed by atoms with E-state index in [1.165, 1.54) is 12.8 Å². The van der Waals surface area contributed by atoms with Gasteiger partial charge in [0.25, 0.3) is 0 Å². The monoisotopic (exact) mass is 415 g/mol. The Morgan fingerprint density at radius 2 is 2.07 bits per heavy atom. The summed E-state index contributed by atoms with van der Waals surface area (Å²) in [5, 5.41) is 3.83. The van der Waals surface area contributed by atoms with E-state index in [1.54, 1.807) is 24.3 Å². The smallest absolute Gasteiger partial charge is 0.248 e. The van der Waals surface area contributed by atoms with E-state index >= 15 is 0 Å². The van der Waals surface area contributed by atoms with Gasteiger partial charge in [0.1, 0.15) is 21.9 Å². The first-order chi connectivity index (χ1) is 13.9. The fourth-order valence-electron chi connectivity index (χ4n) is 4.43. The second-order valence-electron chi connectivity index (χ2n) is 8.23. The summed E-state index contributed by atoms with van der Waals surface area (Å²) in [4.78, 5) is 9.59. The summed E-state index contributed by atoms with van der Waals surface area (Å²) in [6.07, 6.45) is 5.96. The van der Waals surface area contributed by atoms with E-state index in [4.69, 9.17) is 9.51 Å². The zero-order valence-corrected chi connectivity index (χ0v) is 17.5. The fraction of sp³-hybridized carbons (Fsp3) is 0.550. The van der Waals surface area contributed by atoms with Crippen molar-refractivity contribution >= 4 is 21.2 Å². The first-order valence-corrected chi connectivity index (χ1v) is 11.6. The molecule has 1 aliphatic carbocycles. The van der Waals surface area contributed by atoms with Crippen molar-refractivity contribution in [1.82, 2.24) is 24.0 Å². The third-order valence-electron chi connectivity index (χ3n) is 5.96. The molecule has 2 aliphatic rings. The van der Waals surface area contributed by atoms with Crippen LogP contribution in [0.5, 0.6) is 0 Å². The van der Waals surface area contributed by atoms with Gasteiger partial charge >= 0.3 is 0 Å². The van der Waals surface area contributed by atoms with Crippen LogP contribution in [0.25, 0.3) is 11.2 Å². The molecule has 1 unspecified atom stereocenters. The lowest BCUT2D eigenvalue weighted by molar-refractivity contribution is 0.245. The Labute approximate surface area is 170 Å². The zero-order valence-electron chi connectivity index (χ0n) is 16.7. The topological polar surface area (TPSA) is 94.1 Å². The summed E-state index contributed by atoms with van der Waals surface area (Å²) in [6.45, 7) is 5.09. The van der Waals surface area contributed by atoms with Gasteiger partial charge in [0.15, 0.2) is 11.4 Å². The van der Waals surface area contributed by atoms with Crippen LogP contribution in [0.3, 0.4) is 0 Å². The van der Waals surface area contributed by atoms with Gasteiger partial charge in [-0.15, -0.1) is 0 Å². The molecule has 1 saturated carbocycles. The minimum atomic E-state index is -3.61. The predicted molar refractivity (Wildman–Crippen MR) is 107 cm³/mol. The molecule has 29 heavy (non-hydrogen) atoms. The number of rotatable bonds is 5.